The van der Waals surface area contributed by atoms with Gasteiger partial charge in [0.05, 0.1) is 13.3 Å². The van der Waals surface area contributed by atoms with Crippen molar-refractivity contribution in [1.82, 2.24) is 10.7 Å². The van der Waals surface area contributed by atoms with Crippen LogP contribution in [0.4, 0.5) is 0 Å². The number of carbonyl (C=O) groups excluding carboxylic acids is 2. The molecule has 0 heterocycles. The molecule has 0 aliphatic heterocycles. The molecule has 154 valence electrons. The van der Waals surface area contributed by atoms with Gasteiger partial charge < -0.3 is 10.1 Å². The predicted molar refractivity (Wildman–Crippen MR) is 119 cm³/mol. The Hall–Kier alpha value is -3.67. The van der Waals surface area contributed by atoms with Crippen molar-refractivity contribution >= 4 is 28.8 Å². The number of nitrogens with zero attached hydrogens (tertiary/aromatic N) is 1. The standard InChI is InChI=1S/C24H25N3O3/c1-16(2)22(26-23(28)18-11-13-20(30-3)14-12-18)24(29)27-25-15-19-9-6-8-17-7-4-5-10-21(17)19/h4-16,22H,1-3H3,(H,26,28)(H,27,29). The Morgan fingerprint density at radius 1 is 0.967 bits per heavy atom. The lowest BCUT2D eigenvalue weighted by molar-refractivity contribution is -0.123. The fourth-order valence-corrected chi connectivity index (χ4v) is 3.10. The third-order valence-corrected chi connectivity index (χ3v) is 4.79. The molecule has 3 aromatic rings. The number of hydrogen-bond donors (Lipinski definition) is 2. The summed E-state index contributed by atoms with van der Waals surface area (Å²) in [6, 6.07) is 19.9. The number of rotatable bonds is 7. The lowest BCUT2D eigenvalue weighted by Gasteiger charge is -2.20. The van der Waals surface area contributed by atoms with E-state index in [9.17, 15) is 9.59 Å². The topological polar surface area (TPSA) is 79.8 Å². The van der Waals surface area contributed by atoms with Gasteiger partial charge in [-0.1, -0.05) is 56.3 Å². The van der Waals surface area contributed by atoms with Crippen LogP contribution in [0.5, 0.6) is 5.75 Å². The zero-order chi connectivity index (χ0) is 21.5. The first kappa shape index (κ1) is 21.0. The van der Waals surface area contributed by atoms with E-state index in [0.29, 0.717) is 11.3 Å². The monoisotopic (exact) mass is 403 g/mol. The minimum absolute atomic E-state index is 0.111. The van der Waals surface area contributed by atoms with Gasteiger partial charge in [0.2, 0.25) is 0 Å². The normalized spacial score (nSPS) is 12.1. The lowest BCUT2D eigenvalue weighted by Crippen LogP contribution is -2.48. The lowest BCUT2D eigenvalue weighted by atomic mass is 10.0. The molecule has 6 nitrogen and oxygen atoms in total. The highest BCUT2D eigenvalue weighted by atomic mass is 16.5. The number of fused-ring (bicyclic) bond motifs is 1. The Labute approximate surface area is 175 Å². The number of amides is 2. The number of hydrogen-bond acceptors (Lipinski definition) is 4. The second-order valence-electron chi connectivity index (χ2n) is 7.23. The Balaban J connectivity index is 1.67. The van der Waals surface area contributed by atoms with E-state index in [2.05, 4.69) is 15.8 Å². The predicted octanol–water partition coefficient (Wildman–Crippen LogP) is 3.75. The summed E-state index contributed by atoms with van der Waals surface area (Å²) in [5.74, 6) is -0.152. The van der Waals surface area contributed by atoms with E-state index in [1.165, 1.54) is 0 Å². The van der Waals surface area contributed by atoms with E-state index in [-0.39, 0.29) is 17.7 Å². The first-order valence-electron chi connectivity index (χ1n) is 9.75. The van der Waals surface area contributed by atoms with Crippen LogP contribution in [0, 0.1) is 5.92 Å². The van der Waals surface area contributed by atoms with Gasteiger partial charge in [0.1, 0.15) is 11.8 Å². The summed E-state index contributed by atoms with van der Waals surface area (Å²) < 4.78 is 5.10. The molecule has 6 heteroatoms. The summed E-state index contributed by atoms with van der Waals surface area (Å²) in [7, 11) is 1.56. The average molecular weight is 403 g/mol. The molecule has 1 atom stereocenters. The van der Waals surface area contributed by atoms with Crippen molar-refractivity contribution in [2.45, 2.75) is 19.9 Å². The Morgan fingerprint density at radius 2 is 1.67 bits per heavy atom. The van der Waals surface area contributed by atoms with Gasteiger partial charge in [-0.15, -0.1) is 0 Å². The highest BCUT2D eigenvalue weighted by molar-refractivity contribution is 6.00. The fraction of sp³-hybridized carbons (Fsp3) is 0.208. The molecule has 0 aromatic heterocycles. The molecule has 0 saturated carbocycles. The fourth-order valence-electron chi connectivity index (χ4n) is 3.10. The molecule has 30 heavy (non-hydrogen) atoms. The SMILES string of the molecule is COc1ccc(C(=O)NC(C(=O)NN=Cc2cccc3ccccc23)C(C)C)cc1. The second-order valence-corrected chi connectivity index (χ2v) is 7.23. The highest BCUT2D eigenvalue weighted by Gasteiger charge is 2.24. The third-order valence-electron chi connectivity index (χ3n) is 4.79. The molecule has 1 unspecified atom stereocenters. The van der Waals surface area contributed by atoms with Crippen molar-refractivity contribution in [2.24, 2.45) is 11.0 Å². The van der Waals surface area contributed by atoms with Crippen LogP contribution in [0.25, 0.3) is 10.8 Å². The smallest absolute Gasteiger partial charge is 0.262 e. The largest absolute Gasteiger partial charge is 0.497 e. The molecular formula is C24H25N3O3. The van der Waals surface area contributed by atoms with Crippen LogP contribution in [0.3, 0.4) is 0 Å². The quantitative estimate of drug-likeness (QED) is 0.466. The van der Waals surface area contributed by atoms with Gasteiger partial charge in [0, 0.05) is 11.1 Å². The van der Waals surface area contributed by atoms with Gasteiger partial charge in [-0.25, -0.2) is 5.43 Å². The molecule has 0 aliphatic carbocycles. The number of benzene rings is 3. The Bertz CT molecular complexity index is 1050. The molecule has 0 radical (unpaired) electrons. The molecule has 0 bridgehead atoms. The van der Waals surface area contributed by atoms with Crippen LogP contribution < -0.4 is 15.5 Å². The summed E-state index contributed by atoms with van der Waals surface area (Å²) in [5, 5.41) is 9.03. The molecule has 0 saturated heterocycles. The van der Waals surface area contributed by atoms with Crippen molar-refractivity contribution in [1.29, 1.82) is 0 Å². The molecule has 2 amide bonds. The number of carbonyl (C=O) groups is 2. The van der Waals surface area contributed by atoms with E-state index in [1.54, 1.807) is 37.6 Å². The van der Waals surface area contributed by atoms with E-state index >= 15 is 0 Å². The van der Waals surface area contributed by atoms with E-state index in [1.807, 2.05) is 56.3 Å². The maximum absolute atomic E-state index is 12.6. The van der Waals surface area contributed by atoms with Crippen molar-refractivity contribution in [3.8, 4) is 5.75 Å². The van der Waals surface area contributed by atoms with E-state index in [4.69, 9.17) is 4.74 Å². The maximum Gasteiger partial charge on any atom is 0.262 e. The molecule has 3 rings (SSSR count). The average Bonchev–Trinajstić information content (AvgIpc) is 2.77. The van der Waals surface area contributed by atoms with Crippen LogP contribution in [-0.4, -0.2) is 31.2 Å². The minimum Gasteiger partial charge on any atom is -0.497 e. The van der Waals surface area contributed by atoms with Crippen LogP contribution >= 0.6 is 0 Å². The summed E-state index contributed by atoms with van der Waals surface area (Å²) in [6.07, 6.45) is 1.61. The van der Waals surface area contributed by atoms with Gasteiger partial charge in [-0.3, -0.25) is 9.59 Å². The summed E-state index contributed by atoms with van der Waals surface area (Å²) in [6.45, 7) is 3.74. The van der Waals surface area contributed by atoms with Gasteiger partial charge in [-0.05, 0) is 41.0 Å². The van der Waals surface area contributed by atoms with Crippen LogP contribution in [-0.2, 0) is 4.79 Å². The molecule has 0 spiro atoms. The molecule has 0 aliphatic rings. The van der Waals surface area contributed by atoms with Crippen LogP contribution in [0.15, 0.2) is 71.8 Å². The Kier molecular flexibility index (Phi) is 6.80. The first-order chi connectivity index (χ1) is 14.5. The number of methoxy groups -OCH3 is 1. The number of nitrogens with one attached hydrogen (secondary N) is 2. The molecular weight excluding hydrogens is 378 g/mol. The zero-order valence-electron chi connectivity index (χ0n) is 17.3. The van der Waals surface area contributed by atoms with Gasteiger partial charge in [0.25, 0.3) is 11.8 Å². The molecule has 2 N–H and O–H groups in total. The van der Waals surface area contributed by atoms with Crippen LogP contribution in [0.1, 0.15) is 29.8 Å². The molecule has 0 fully saturated rings. The maximum atomic E-state index is 12.6. The van der Waals surface area contributed by atoms with Gasteiger partial charge >= 0.3 is 0 Å². The summed E-state index contributed by atoms with van der Waals surface area (Å²) >= 11 is 0. The Morgan fingerprint density at radius 3 is 2.37 bits per heavy atom. The molecule has 3 aromatic carbocycles. The number of hydrazone groups is 1. The number of ether oxygens (including phenoxy) is 1. The van der Waals surface area contributed by atoms with Crippen molar-refractivity contribution in [3.05, 3.63) is 77.9 Å². The van der Waals surface area contributed by atoms with Crippen molar-refractivity contribution in [2.75, 3.05) is 7.11 Å². The van der Waals surface area contributed by atoms with Crippen LogP contribution in [0.2, 0.25) is 0 Å². The third kappa shape index (κ3) is 5.03. The summed E-state index contributed by atoms with van der Waals surface area (Å²) in [4.78, 5) is 25.2. The minimum atomic E-state index is -0.718. The highest BCUT2D eigenvalue weighted by Crippen LogP contribution is 2.17. The van der Waals surface area contributed by atoms with Gasteiger partial charge in [0.15, 0.2) is 0 Å². The van der Waals surface area contributed by atoms with E-state index in [0.717, 1.165) is 16.3 Å². The van der Waals surface area contributed by atoms with Crippen molar-refractivity contribution < 1.29 is 14.3 Å². The van der Waals surface area contributed by atoms with E-state index < -0.39 is 6.04 Å². The second kappa shape index (κ2) is 9.69. The van der Waals surface area contributed by atoms with Gasteiger partial charge in [-0.2, -0.15) is 5.10 Å². The summed E-state index contributed by atoms with van der Waals surface area (Å²) in [5.41, 5.74) is 3.90. The first-order valence-corrected chi connectivity index (χ1v) is 9.75. The van der Waals surface area contributed by atoms with Crippen molar-refractivity contribution in [3.63, 3.8) is 0 Å². The zero-order valence-corrected chi connectivity index (χ0v) is 17.3.